The molecule has 1 aromatic heterocycles. The van der Waals surface area contributed by atoms with E-state index in [1.807, 2.05) is 0 Å². The zero-order valence-electron chi connectivity index (χ0n) is 11.6. The van der Waals surface area contributed by atoms with E-state index in [2.05, 4.69) is 48.8 Å². The Balaban J connectivity index is 2.20. The molecular weight excluding hydrogens is 210 g/mol. The van der Waals surface area contributed by atoms with Crippen LogP contribution in [0.4, 0.5) is 5.95 Å². The van der Waals surface area contributed by atoms with Gasteiger partial charge < -0.3 is 9.88 Å². The Bertz CT molecular complexity index is 367. The van der Waals surface area contributed by atoms with Crippen LogP contribution in [0.5, 0.6) is 0 Å². The summed E-state index contributed by atoms with van der Waals surface area (Å²) in [5.41, 5.74) is 1.19. The summed E-state index contributed by atoms with van der Waals surface area (Å²) in [6, 6.07) is 0.648. The Labute approximate surface area is 105 Å². The summed E-state index contributed by atoms with van der Waals surface area (Å²) in [5, 5.41) is 3.52. The molecule has 1 aliphatic carbocycles. The van der Waals surface area contributed by atoms with E-state index in [0.717, 1.165) is 11.6 Å². The van der Waals surface area contributed by atoms with Gasteiger partial charge in [0.2, 0.25) is 5.95 Å². The third kappa shape index (κ3) is 3.24. The first-order valence-electron chi connectivity index (χ1n) is 6.79. The third-order valence-corrected chi connectivity index (χ3v) is 3.31. The Morgan fingerprint density at radius 3 is 2.47 bits per heavy atom. The van der Waals surface area contributed by atoms with Crippen LogP contribution in [0.25, 0.3) is 0 Å². The molecule has 3 nitrogen and oxygen atoms in total. The summed E-state index contributed by atoms with van der Waals surface area (Å²) in [6.45, 7) is 8.62. The molecule has 1 aliphatic rings. The van der Waals surface area contributed by atoms with Gasteiger partial charge in [0.05, 0.1) is 5.69 Å². The summed E-state index contributed by atoms with van der Waals surface area (Å²) < 4.78 is 2.36. The van der Waals surface area contributed by atoms with Crippen molar-refractivity contribution in [3.8, 4) is 0 Å². The maximum absolute atomic E-state index is 4.62. The van der Waals surface area contributed by atoms with Crippen LogP contribution in [0.1, 0.15) is 64.6 Å². The molecule has 0 atom stereocenters. The second kappa shape index (κ2) is 4.71. The molecule has 0 bridgehead atoms. The number of rotatable bonds is 2. The molecule has 2 rings (SSSR count). The van der Waals surface area contributed by atoms with E-state index in [9.17, 15) is 0 Å². The van der Waals surface area contributed by atoms with Crippen molar-refractivity contribution in [1.29, 1.82) is 0 Å². The van der Waals surface area contributed by atoms with Crippen LogP contribution in [0.3, 0.4) is 0 Å². The molecule has 1 N–H and O–H groups in total. The molecule has 0 radical (unpaired) electrons. The van der Waals surface area contributed by atoms with Crippen LogP contribution in [-0.2, 0) is 0 Å². The van der Waals surface area contributed by atoms with Gasteiger partial charge in [-0.2, -0.15) is 0 Å². The predicted molar refractivity (Wildman–Crippen MR) is 72.5 cm³/mol. The number of anilines is 1. The zero-order valence-corrected chi connectivity index (χ0v) is 11.6. The molecule has 0 saturated heterocycles. The smallest absolute Gasteiger partial charge is 0.203 e. The molecule has 17 heavy (non-hydrogen) atoms. The molecule has 0 aliphatic heterocycles. The second-order valence-corrected chi connectivity index (χ2v) is 6.28. The van der Waals surface area contributed by atoms with Gasteiger partial charge in [0, 0.05) is 17.8 Å². The fourth-order valence-corrected chi connectivity index (χ4v) is 2.58. The Hall–Kier alpha value is -0.990. The molecule has 96 valence electrons. The molecule has 0 spiro atoms. The number of aryl methyl sites for hydroxylation is 1. The van der Waals surface area contributed by atoms with E-state index >= 15 is 0 Å². The standard InChI is InChI=1S/C14H25N3/c1-11-10-17(12-8-6-5-7-9-12)13(15-11)16-14(2,3)4/h10,12H,5-9H2,1-4H3,(H,15,16). The highest BCUT2D eigenvalue weighted by atomic mass is 15.2. The van der Waals surface area contributed by atoms with E-state index in [0.29, 0.717) is 6.04 Å². The van der Waals surface area contributed by atoms with Crippen LogP contribution >= 0.6 is 0 Å². The van der Waals surface area contributed by atoms with Gasteiger partial charge in [0.1, 0.15) is 0 Å². The highest BCUT2D eigenvalue weighted by Gasteiger charge is 2.21. The third-order valence-electron chi connectivity index (χ3n) is 3.31. The lowest BCUT2D eigenvalue weighted by molar-refractivity contribution is 0.354. The van der Waals surface area contributed by atoms with Gasteiger partial charge >= 0.3 is 0 Å². The van der Waals surface area contributed by atoms with Crippen LogP contribution in [0.2, 0.25) is 0 Å². The van der Waals surface area contributed by atoms with Gasteiger partial charge in [0.15, 0.2) is 0 Å². The van der Waals surface area contributed by atoms with Gasteiger partial charge in [-0.3, -0.25) is 0 Å². The topological polar surface area (TPSA) is 29.9 Å². The number of hydrogen-bond donors (Lipinski definition) is 1. The van der Waals surface area contributed by atoms with Crippen LogP contribution in [0.15, 0.2) is 6.20 Å². The largest absolute Gasteiger partial charge is 0.351 e. The maximum atomic E-state index is 4.62. The van der Waals surface area contributed by atoms with Gasteiger partial charge in [0.25, 0.3) is 0 Å². The summed E-state index contributed by atoms with van der Waals surface area (Å²) in [7, 11) is 0. The van der Waals surface area contributed by atoms with Gasteiger partial charge in [-0.25, -0.2) is 4.98 Å². The Morgan fingerprint density at radius 1 is 1.24 bits per heavy atom. The van der Waals surface area contributed by atoms with Crippen molar-refractivity contribution in [3.63, 3.8) is 0 Å². The lowest BCUT2D eigenvalue weighted by Crippen LogP contribution is -2.29. The summed E-state index contributed by atoms with van der Waals surface area (Å²) >= 11 is 0. The lowest BCUT2D eigenvalue weighted by atomic mass is 9.95. The number of nitrogens with one attached hydrogen (secondary N) is 1. The van der Waals surface area contributed by atoms with Crippen molar-refractivity contribution in [3.05, 3.63) is 11.9 Å². The normalized spacial score (nSPS) is 18.4. The molecule has 1 saturated carbocycles. The average molecular weight is 235 g/mol. The van der Waals surface area contributed by atoms with E-state index in [1.165, 1.54) is 32.1 Å². The SMILES string of the molecule is Cc1cn(C2CCCCC2)c(NC(C)(C)C)n1. The van der Waals surface area contributed by atoms with Crippen LogP contribution in [-0.4, -0.2) is 15.1 Å². The highest BCUT2D eigenvalue weighted by molar-refractivity contribution is 5.32. The van der Waals surface area contributed by atoms with Gasteiger partial charge in [-0.1, -0.05) is 19.3 Å². The fourth-order valence-electron chi connectivity index (χ4n) is 2.58. The zero-order chi connectivity index (χ0) is 12.5. The number of aromatic nitrogens is 2. The van der Waals surface area contributed by atoms with Crippen LogP contribution in [0, 0.1) is 6.92 Å². The van der Waals surface area contributed by atoms with Crippen molar-refractivity contribution < 1.29 is 0 Å². The number of nitrogens with zero attached hydrogens (tertiary/aromatic N) is 2. The first-order valence-corrected chi connectivity index (χ1v) is 6.79. The lowest BCUT2D eigenvalue weighted by Gasteiger charge is -2.28. The fraction of sp³-hybridized carbons (Fsp3) is 0.786. The van der Waals surface area contributed by atoms with E-state index < -0.39 is 0 Å². The van der Waals surface area contributed by atoms with Crippen molar-refractivity contribution in [2.24, 2.45) is 0 Å². The first kappa shape index (κ1) is 12.5. The minimum absolute atomic E-state index is 0.0736. The van der Waals surface area contributed by atoms with Gasteiger partial charge in [-0.15, -0.1) is 0 Å². The van der Waals surface area contributed by atoms with Crippen molar-refractivity contribution in [2.75, 3.05) is 5.32 Å². The predicted octanol–water partition coefficient (Wildman–Crippen LogP) is 3.91. The Morgan fingerprint density at radius 2 is 1.88 bits per heavy atom. The number of hydrogen-bond acceptors (Lipinski definition) is 2. The molecule has 0 aromatic carbocycles. The summed E-state index contributed by atoms with van der Waals surface area (Å²) in [4.78, 5) is 4.62. The quantitative estimate of drug-likeness (QED) is 0.842. The molecular formula is C14H25N3. The van der Waals surface area contributed by atoms with Crippen molar-refractivity contribution in [1.82, 2.24) is 9.55 Å². The Kier molecular flexibility index (Phi) is 3.45. The molecule has 1 heterocycles. The maximum Gasteiger partial charge on any atom is 0.203 e. The van der Waals surface area contributed by atoms with Crippen molar-refractivity contribution >= 4 is 5.95 Å². The van der Waals surface area contributed by atoms with Crippen molar-refractivity contribution in [2.45, 2.75) is 71.4 Å². The second-order valence-electron chi connectivity index (χ2n) is 6.28. The average Bonchev–Trinajstić information content (AvgIpc) is 2.58. The summed E-state index contributed by atoms with van der Waals surface area (Å²) in [6.07, 6.45) is 8.91. The molecule has 3 heteroatoms. The minimum Gasteiger partial charge on any atom is -0.351 e. The molecule has 1 aromatic rings. The molecule has 1 fully saturated rings. The van der Waals surface area contributed by atoms with E-state index in [4.69, 9.17) is 0 Å². The van der Waals surface area contributed by atoms with Gasteiger partial charge in [-0.05, 0) is 40.5 Å². The highest BCUT2D eigenvalue weighted by Crippen LogP contribution is 2.31. The summed E-state index contributed by atoms with van der Waals surface area (Å²) in [5.74, 6) is 1.04. The van der Waals surface area contributed by atoms with E-state index in [-0.39, 0.29) is 5.54 Å². The van der Waals surface area contributed by atoms with Crippen LogP contribution < -0.4 is 5.32 Å². The monoisotopic (exact) mass is 235 g/mol. The minimum atomic E-state index is 0.0736. The molecule has 0 amide bonds. The number of imidazole rings is 1. The van der Waals surface area contributed by atoms with E-state index in [1.54, 1.807) is 0 Å². The molecule has 0 unspecified atom stereocenters. The first-order chi connectivity index (χ1) is 7.96.